The van der Waals surface area contributed by atoms with E-state index >= 15 is 0 Å². The summed E-state index contributed by atoms with van der Waals surface area (Å²) < 4.78 is 0. The third kappa shape index (κ3) is 2.94. The molecule has 2 aromatic rings. The standard InChI is InChI=1S/C16H17NO2/c1-11-6-5-7-13(12(11)2)10-17-15-9-4-3-8-14(15)16(18)19/h3-9,17H,10H2,1-2H3,(H,18,19). The molecule has 0 fully saturated rings. The van der Waals surface area contributed by atoms with Crippen molar-refractivity contribution >= 4 is 11.7 Å². The molecule has 0 unspecified atom stereocenters. The van der Waals surface area contributed by atoms with Gasteiger partial charge in [0.2, 0.25) is 0 Å². The molecule has 0 aliphatic heterocycles. The van der Waals surface area contributed by atoms with Crippen molar-refractivity contribution < 1.29 is 9.90 Å². The number of aryl methyl sites for hydroxylation is 1. The molecule has 3 heteroatoms. The average molecular weight is 255 g/mol. The van der Waals surface area contributed by atoms with Gasteiger partial charge in [-0.1, -0.05) is 30.3 Å². The van der Waals surface area contributed by atoms with E-state index in [4.69, 9.17) is 5.11 Å². The van der Waals surface area contributed by atoms with Crippen LogP contribution in [-0.4, -0.2) is 11.1 Å². The second-order valence-corrected chi connectivity index (χ2v) is 4.56. The number of carboxylic acids is 1. The summed E-state index contributed by atoms with van der Waals surface area (Å²) in [7, 11) is 0. The summed E-state index contributed by atoms with van der Waals surface area (Å²) in [5.74, 6) is -0.913. The molecule has 3 nitrogen and oxygen atoms in total. The highest BCUT2D eigenvalue weighted by Gasteiger charge is 2.09. The van der Waals surface area contributed by atoms with E-state index in [1.54, 1.807) is 18.2 Å². The zero-order valence-corrected chi connectivity index (χ0v) is 11.1. The van der Waals surface area contributed by atoms with E-state index in [0.717, 1.165) is 0 Å². The van der Waals surface area contributed by atoms with Crippen molar-refractivity contribution in [2.24, 2.45) is 0 Å². The Morgan fingerprint density at radius 2 is 1.84 bits per heavy atom. The number of hydrogen-bond acceptors (Lipinski definition) is 2. The first kappa shape index (κ1) is 13.1. The van der Waals surface area contributed by atoms with Gasteiger partial charge in [-0.3, -0.25) is 0 Å². The Morgan fingerprint density at radius 1 is 1.11 bits per heavy atom. The molecule has 0 aliphatic carbocycles. The van der Waals surface area contributed by atoms with Crippen molar-refractivity contribution in [2.45, 2.75) is 20.4 Å². The number of anilines is 1. The minimum Gasteiger partial charge on any atom is -0.478 e. The van der Waals surface area contributed by atoms with E-state index < -0.39 is 5.97 Å². The minimum atomic E-state index is -0.913. The molecule has 0 amide bonds. The Balaban J connectivity index is 2.19. The molecule has 0 spiro atoms. The lowest BCUT2D eigenvalue weighted by Crippen LogP contribution is -2.07. The van der Waals surface area contributed by atoms with Gasteiger partial charge in [0.1, 0.15) is 0 Å². The summed E-state index contributed by atoms with van der Waals surface area (Å²) in [6, 6.07) is 13.1. The molecule has 0 saturated carbocycles. The summed E-state index contributed by atoms with van der Waals surface area (Å²) in [6.45, 7) is 4.78. The maximum atomic E-state index is 11.1. The van der Waals surface area contributed by atoms with Crippen LogP contribution in [0.2, 0.25) is 0 Å². The van der Waals surface area contributed by atoms with Crippen LogP contribution >= 0.6 is 0 Å². The first-order valence-electron chi connectivity index (χ1n) is 6.21. The second kappa shape index (κ2) is 5.57. The Kier molecular flexibility index (Phi) is 3.85. The Morgan fingerprint density at radius 3 is 2.58 bits per heavy atom. The van der Waals surface area contributed by atoms with Gasteiger partial charge in [-0.15, -0.1) is 0 Å². The van der Waals surface area contributed by atoms with Crippen LogP contribution in [0.4, 0.5) is 5.69 Å². The zero-order chi connectivity index (χ0) is 13.8. The molecule has 2 rings (SSSR count). The topological polar surface area (TPSA) is 49.3 Å². The van der Waals surface area contributed by atoms with Crippen molar-refractivity contribution in [2.75, 3.05) is 5.32 Å². The number of hydrogen-bond donors (Lipinski definition) is 2. The first-order valence-corrected chi connectivity index (χ1v) is 6.21. The maximum Gasteiger partial charge on any atom is 0.337 e. The number of carbonyl (C=O) groups is 1. The zero-order valence-electron chi connectivity index (χ0n) is 11.1. The summed E-state index contributed by atoms with van der Waals surface area (Å²) >= 11 is 0. The number of carboxylic acid groups (broad SMARTS) is 1. The third-order valence-corrected chi connectivity index (χ3v) is 3.34. The highest BCUT2D eigenvalue weighted by atomic mass is 16.4. The van der Waals surface area contributed by atoms with Gasteiger partial charge in [0.15, 0.2) is 0 Å². The predicted octanol–water partition coefficient (Wildman–Crippen LogP) is 3.61. The van der Waals surface area contributed by atoms with Crippen LogP contribution in [0.1, 0.15) is 27.0 Å². The monoisotopic (exact) mass is 255 g/mol. The van der Waals surface area contributed by atoms with Gasteiger partial charge >= 0.3 is 5.97 Å². The molecular formula is C16H17NO2. The van der Waals surface area contributed by atoms with Gasteiger partial charge in [0.05, 0.1) is 5.56 Å². The molecule has 0 saturated heterocycles. The third-order valence-electron chi connectivity index (χ3n) is 3.34. The fourth-order valence-electron chi connectivity index (χ4n) is 2.02. The van der Waals surface area contributed by atoms with Crippen LogP contribution < -0.4 is 5.32 Å². The lowest BCUT2D eigenvalue weighted by molar-refractivity contribution is 0.0698. The molecule has 0 aromatic heterocycles. The maximum absolute atomic E-state index is 11.1. The summed E-state index contributed by atoms with van der Waals surface area (Å²) in [6.07, 6.45) is 0. The van der Waals surface area contributed by atoms with Gasteiger partial charge in [0, 0.05) is 12.2 Å². The highest BCUT2D eigenvalue weighted by Crippen LogP contribution is 2.18. The van der Waals surface area contributed by atoms with E-state index in [1.807, 2.05) is 12.1 Å². The number of nitrogens with one attached hydrogen (secondary N) is 1. The largest absolute Gasteiger partial charge is 0.478 e. The molecule has 0 radical (unpaired) electrons. The van der Waals surface area contributed by atoms with Gasteiger partial charge in [-0.25, -0.2) is 4.79 Å². The quantitative estimate of drug-likeness (QED) is 0.877. The highest BCUT2D eigenvalue weighted by molar-refractivity contribution is 5.94. The van der Waals surface area contributed by atoms with Gasteiger partial charge in [-0.2, -0.15) is 0 Å². The lowest BCUT2D eigenvalue weighted by atomic mass is 10.0. The van der Waals surface area contributed by atoms with Crippen LogP contribution in [0.3, 0.4) is 0 Å². The van der Waals surface area contributed by atoms with E-state index in [2.05, 4.69) is 31.3 Å². The van der Waals surface area contributed by atoms with Crippen LogP contribution in [0.25, 0.3) is 0 Å². The van der Waals surface area contributed by atoms with Crippen molar-refractivity contribution in [3.63, 3.8) is 0 Å². The van der Waals surface area contributed by atoms with Crippen molar-refractivity contribution in [3.8, 4) is 0 Å². The second-order valence-electron chi connectivity index (χ2n) is 4.56. The fraction of sp³-hybridized carbons (Fsp3) is 0.188. The van der Waals surface area contributed by atoms with E-state index in [-0.39, 0.29) is 0 Å². The molecule has 19 heavy (non-hydrogen) atoms. The van der Waals surface area contributed by atoms with Crippen molar-refractivity contribution in [1.29, 1.82) is 0 Å². The fourth-order valence-corrected chi connectivity index (χ4v) is 2.02. The predicted molar refractivity (Wildman–Crippen MR) is 76.6 cm³/mol. The normalized spacial score (nSPS) is 10.2. The van der Waals surface area contributed by atoms with Crippen LogP contribution in [0.5, 0.6) is 0 Å². The van der Waals surface area contributed by atoms with Crippen LogP contribution in [0.15, 0.2) is 42.5 Å². The van der Waals surface area contributed by atoms with Crippen molar-refractivity contribution in [3.05, 3.63) is 64.7 Å². The Hall–Kier alpha value is -2.29. The summed E-state index contributed by atoms with van der Waals surface area (Å²) in [5.41, 5.74) is 4.61. The first-order chi connectivity index (χ1) is 9.09. The molecule has 0 bridgehead atoms. The van der Waals surface area contributed by atoms with Gasteiger partial charge in [-0.05, 0) is 42.7 Å². The average Bonchev–Trinajstić information content (AvgIpc) is 2.40. The Bertz CT molecular complexity index is 605. The van der Waals surface area contributed by atoms with Gasteiger partial charge < -0.3 is 10.4 Å². The van der Waals surface area contributed by atoms with Crippen LogP contribution in [0, 0.1) is 13.8 Å². The summed E-state index contributed by atoms with van der Waals surface area (Å²) in [5, 5.41) is 12.3. The Labute approximate surface area is 112 Å². The minimum absolute atomic E-state index is 0.299. The summed E-state index contributed by atoms with van der Waals surface area (Å²) in [4.78, 5) is 11.1. The molecule has 0 aliphatic rings. The van der Waals surface area contributed by atoms with Gasteiger partial charge in [0.25, 0.3) is 0 Å². The lowest BCUT2D eigenvalue weighted by Gasteiger charge is -2.12. The molecule has 2 aromatic carbocycles. The molecule has 0 atom stereocenters. The number of aromatic carboxylic acids is 1. The number of benzene rings is 2. The molecular weight excluding hydrogens is 238 g/mol. The van der Waals surface area contributed by atoms with E-state index in [9.17, 15) is 4.79 Å². The number of rotatable bonds is 4. The molecule has 2 N–H and O–H groups in total. The molecule has 0 heterocycles. The van der Waals surface area contributed by atoms with Crippen LogP contribution in [-0.2, 0) is 6.54 Å². The van der Waals surface area contributed by atoms with E-state index in [1.165, 1.54) is 16.7 Å². The number of para-hydroxylation sites is 1. The van der Waals surface area contributed by atoms with E-state index in [0.29, 0.717) is 17.8 Å². The molecule has 98 valence electrons. The van der Waals surface area contributed by atoms with Crippen molar-refractivity contribution in [1.82, 2.24) is 0 Å². The smallest absolute Gasteiger partial charge is 0.337 e. The SMILES string of the molecule is Cc1cccc(CNc2ccccc2C(=O)O)c1C.